The molecule has 0 aliphatic heterocycles. The molecule has 0 aromatic carbocycles. The normalized spacial score (nSPS) is 11.8. The standard InChI is InChI=1S/C9H11N3O4/c1-2-15-9(14)8-11-7(16-12-8)5-6(13)3-4-10/h6,13H,2-3,5H2,1H3. The van der Waals surface area contributed by atoms with Gasteiger partial charge >= 0.3 is 5.97 Å². The molecule has 16 heavy (non-hydrogen) atoms. The van der Waals surface area contributed by atoms with E-state index in [4.69, 9.17) is 9.78 Å². The molecule has 0 aliphatic rings. The number of esters is 1. The Kier molecular flexibility index (Phi) is 4.42. The monoisotopic (exact) mass is 225 g/mol. The number of aliphatic hydroxyl groups is 1. The van der Waals surface area contributed by atoms with Crippen LogP contribution < -0.4 is 0 Å². The van der Waals surface area contributed by atoms with Crippen molar-refractivity contribution in [3.05, 3.63) is 11.7 Å². The molecule has 1 N–H and O–H groups in total. The Morgan fingerprint density at radius 3 is 3.12 bits per heavy atom. The second kappa shape index (κ2) is 5.82. The minimum Gasteiger partial charge on any atom is -0.460 e. The average molecular weight is 225 g/mol. The first-order valence-electron chi connectivity index (χ1n) is 4.72. The van der Waals surface area contributed by atoms with Crippen molar-refractivity contribution in [2.45, 2.75) is 25.9 Å². The molecule has 1 aromatic heterocycles. The highest BCUT2D eigenvalue weighted by Gasteiger charge is 2.17. The third-order valence-electron chi connectivity index (χ3n) is 1.66. The Balaban J connectivity index is 2.58. The summed E-state index contributed by atoms with van der Waals surface area (Å²) in [6.45, 7) is 1.88. The lowest BCUT2D eigenvalue weighted by Crippen LogP contribution is -2.10. The van der Waals surface area contributed by atoms with Crippen LogP contribution in [0.15, 0.2) is 4.52 Å². The molecule has 1 atom stereocenters. The lowest BCUT2D eigenvalue weighted by Gasteiger charge is -1.99. The van der Waals surface area contributed by atoms with Crippen molar-refractivity contribution in [1.82, 2.24) is 10.1 Å². The molecular weight excluding hydrogens is 214 g/mol. The minimum atomic E-state index is -0.875. The lowest BCUT2D eigenvalue weighted by atomic mass is 10.2. The molecule has 7 heteroatoms. The van der Waals surface area contributed by atoms with Crippen molar-refractivity contribution >= 4 is 5.97 Å². The van der Waals surface area contributed by atoms with Gasteiger partial charge in [-0.3, -0.25) is 0 Å². The molecule has 0 spiro atoms. The van der Waals surface area contributed by atoms with Crippen LogP contribution in [0.5, 0.6) is 0 Å². The zero-order chi connectivity index (χ0) is 12.0. The van der Waals surface area contributed by atoms with Gasteiger partial charge in [-0.05, 0) is 12.1 Å². The number of nitriles is 1. The van der Waals surface area contributed by atoms with E-state index >= 15 is 0 Å². The summed E-state index contributed by atoms with van der Waals surface area (Å²) < 4.78 is 9.37. The van der Waals surface area contributed by atoms with E-state index in [2.05, 4.69) is 14.9 Å². The van der Waals surface area contributed by atoms with E-state index in [9.17, 15) is 9.90 Å². The third-order valence-corrected chi connectivity index (χ3v) is 1.66. The van der Waals surface area contributed by atoms with E-state index in [0.717, 1.165) is 0 Å². The van der Waals surface area contributed by atoms with E-state index in [1.165, 1.54) is 0 Å². The Morgan fingerprint density at radius 1 is 1.75 bits per heavy atom. The van der Waals surface area contributed by atoms with Crippen LogP contribution >= 0.6 is 0 Å². The van der Waals surface area contributed by atoms with Crippen molar-refractivity contribution in [2.24, 2.45) is 0 Å². The molecule has 86 valence electrons. The molecule has 0 aliphatic carbocycles. The highest BCUT2D eigenvalue weighted by atomic mass is 16.5. The molecular formula is C9H11N3O4. The summed E-state index contributed by atoms with van der Waals surface area (Å²) in [6, 6.07) is 1.81. The van der Waals surface area contributed by atoms with E-state index in [-0.39, 0.29) is 31.2 Å². The molecule has 0 saturated heterocycles. The lowest BCUT2D eigenvalue weighted by molar-refractivity contribution is 0.0508. The molecule has 0 fully saturated rings. The molecule has 1 heterocycles. The number of ether oxygens (including phenoxy) is 1. The molecule has 0 bridgehead atoms. The zero-order valence-corrected chi connectivity index (χ0v) is 8.71. The first kappa shape index (κ1) is 12.1. The highest BCUT2D eigenvalue weighted by molar-refractivity contribution is 5.84. The van der Waals surface area contributed by atoms with E-state index < -0.39 is 12.1 Å². The van der Waals surface area contributed by atoms with Gasteiger partial charge in [0.2, 0.25) is 5.89 Å². The zero-order valence-electron chi connectivity index (χ0n) is 8.71. The first-order chi connectivity index (χ1) is 7.67. The number of nitrogens with zero attached hydrogens (tertiary/aromatic N) is 3. The second-order valence-electron chi connectivity index (χ2n) is 2.95. The van der Waals surface area contributed by atoms with Gasteiger partial charge in [-0.2, -0.15) is 10.2 Å². The Hall–Kier alpha value is -1.94. The van der Waals surface area contributed by atoms with Gasteiger partial charge < -0.3 is 14.4 Å². The SMILES string of the molecule is CCOC(=O)c1noc(CC(O)CC#N)n1. The fourth-order valence-corrected chi connectivity index (χ4v) is 0.995. The smallest absolute Gasteiger partial charge is 0.379 e. The summed E-state index contributed by atoms with van der Waals surface area (Å²) in [4.78, 5) is 14.9. The van der Waals surface area contributed by atoms with Crippen LogP contribution in [0, 0.1) is 11.3 Å². The molecule has 0 radical (unpaired) electrons. The Morgan fingerprint density at radius 2 is 2.50 bits per heavy atom. The second-order valence-corrected chi connectivity index (χ2v) is 2.95. The molecule has 1 rings (SSSR count). The summed E-state index contributed by atoms with van der Waals surface area (Å²) in [5.41, 5.74) is 0. The van der Waals surface area contributed by atoms with Crippen LogP contribution in [-0.4, -0.2) is 33.9 Å². The van der Waals surface area contributed by atoms with Gasteiger partial charge in [-0.1, -0.05) is 0 Å². The van der Waals surface area contributed by atoms with Crippen LogP contribution in [0.1, 0.15) is 29.9 Å². The van der Waals surface area contributed by atoms with Crippen LogP contribution in [-0.2, 0) is 11.2 Å². The fourth-order valence-electron chi connectivity index (χ4n) is 0.995. The number of hydrogen-bond acceptors (Lipinski definition) is 7. The van der Waals surface area contributed by atoms with Crippen molar-refractivity contribution in [1.29, 1.82) is 5.26 Å². The van der Waals surface area contributed by atoms with Crippen molar-refractivity contribution in [3.63, 3.8) is 0 Å². The predicted octanol–water partition coefficient (Wildman–Crippen LogP) is 0.0634. The van der Waals surface area contributed by atoms with Gasteiger partial charge in [0.25, 0.3) is 5.82 Å². The highest BCUT2D eigenvalue weighted by Crippen LogP contribution is 2.04. The van der Waals surface area contributed by atoms with E-state index in [1.54, 1.807) is 13.0 Å². The summed E-state index contributed by atoms with van der Waals surface area (Å²) in [6.07, 6.45) is -0.864. The maximum absolute atomic E-state index is 11.1. The molecule has 7 nitrogen and oxygen atoms in total. The van der Waals surface area contributed by atoms with Gasteiger partial charge in [-0.25, -0.2) is 4.79 Å². The van der Waals surface area contributed by atoms with Gasteiger partial charge in [0.05, 0.1) is 31.6 Å². The van der Waals surface area contributed by atoms with Crippen molar-refractivity contribution < 1.29 is 19.2 Å². The third kappa shape index (κ3) is 3.33. The summed E-state index contributed by atoms with van der Waals surface area (Å²) >= 11 is 0. The molecule has 1 aromatic rings. The van der Waals surface area contributed by atoms with Gasteiger partial charge in [-0.15, -0.1) is 0 Å². The van der Waals surface area contributed by atoms with Crippen molar-refractivity contribution in [2.75, 3.05) is 6.61 Å². The van der Waals surface area contributed by atoms with Crippen molar-refractivity contribution in [3.8, 4) is 6.07 Å². The van der Waals surface area contributed by atoms with Crippen LogP contribution in [0.3, 0.4) is 0 Å². The number of aromatic nitrogens is 2. The summed E-state index contributed by atoms with van der Waals surface area (Å²) in [5.74, 6) is -0.751. The largest absolute Gasteiger partial charge is 0.460 e. The molecule has 1 unspecified atom stereocenters. The first-order valence-corrected chi connectivity index (χ1v) is 4.72. The predicted molar refractivity (Wildman–Crippen MR) is 50.2 cm³/mol. The number of rotatable bonds is 5. The maximum Gasteiger partial charge on any atom is 0.379 e. The molecule has 0 amide bonds. The van der Waals surface area contributed by atoms with Crippen LogP contribution in [0.4, 0.5) is 0 Å². The minimum absolute atomic E-state index is 0.0306. The fraction of sp³-hybridized carbons (Fsp3) is 0.556. The Labute approximate surface area is 91.6 Å². The van der Waals surface area contributed by atoms with Gasteiger partial charge in [0.1, 0.15) is 0 Å². The van der Waals surface area contributed by atoms with Gasteiger partial charge in [0.15, 0.2) is 0 Å². The average Bonchev–Trinajstić information content (AvgIpc) is 2.67. The summed E-state index contributed by atoms with van der Waals surface area (Å²) in [7, 11) is 0. The van der Waals surface area contributed by atoms with Crippen LogP contribution in [0.25, 0.3) is 0 Å². The number of carbonyl (C=O) groups excluding carboxylic acids is 1. The van der Waals surface area contributed by atoms with E-state index in [0.29, 0.717) is 0 Å². The van der Waals surface area contributed by atoms with E-state index in [1.807, 2.05) is 0 Å². The quantitative estimate of drug-likeness (QED) is 0.705. The Bertz CT molecular complexity index is 396. The summed E-state index contributed by atoms with van der Waals surface area (Å²) in [5, 5.41) is 21.0. The van der Waals surface area contributed by atoms with Crippen LogP contribution in [0.2, 0.25) is 0 Å². The molecule has 0 saturated carbocycles. The van der Waals surface area contributed by atoms with Gasteiger partial charge in [0, 0.05) is 0 Å². The maximum atomic E-state index is 11.1. The number of hydrogen-bond donors (Lipinski definition) is 1. The number of carbonyl (C=O) groups is 1. The number of aliphatic hydroxyl groups excluding tert-OH is 1. The topological polar surface area (TPSA) is 109 Å².